The number of benzene rings is 1. The normalized spacial score (nSPS) is 12.1. The van der Waals surface area contributed by atoms with Crippen molar-refractivity contribution in [3.63, 3.8) is 0 Å². The van der Waals surface area contributed by atoms with Gasteiger partial charge in [-0.2, -0.15) is 0 Å². The Labute approximate surface area is 122 Å². The molecule has 0 fully saturated rings. The largest absolute Gasteiger partial charge is 0.293 e. The van der Waals surface area contributed by atoms with Gasteiger partial charge in [-0.05, 0) is 18.6 Å². The van der Waals surface area contributed by atoms with E-state index in [0.29, 0.717) is 10.0 Å². The third-order valence-electron chi connectivity index (χ3n) is 2.70. The van der Waals surface area contributed by atoms with Crippen molar-refractivity contribution in [3.8, 4) is 0 Å². The monoisotopic (exact) mass is 291 g/mol. The molecule has 0 saturated carbocycles. The molecule has 0 aliphatic heterocycles. The second-order valence-corrected chi connectivity index (χ2v) is 5.63. The molecule has 4 heteroatoms. The van der Waals surface area contributed by atoms with Crippen LogP contribution in [-0.4, -0.2) is 16.0 Å². The number of rotatable bonds is 5. The van der Waals surface area contributed by atoms with E-state index in [1.165, 1.54) is 11.8 Å². The number of ketones is 1. The second-order valence-electron chi connectivity index (χ2n) is 4.04. The summed E-state index contributed by atoms with van der Waals surface area (Å²) in [7, 11) is 0. The zero-order valence-corrected chi connectivity index (χ0v) is 12.1. The molecular formula is C15H14ClNOS. The third kappa shape index (κ3) is 3.58. The van der Waals surface area contributed by atoms with Crippen LogP contribution in [0.4, 0.5) is 0 Å². The number of carbonyl (C=O) groups excluding carboxylic acids is 1. The van der Waals surface area contributed by atoms with Crippen LogP contribution in [0.5, 0.6) is 0 Å². The van der Waals surface area contributed by atoms with Crippen molar-refractivity contribution < 1.29 is 4.79 Å². The van der Waals surface area contributed by atoms with Gasteiger partial charge in [-0.25, -0.2) is 4.98 Å². The van der Waals surface area contributed by atoms with Crippen molar-refractivity contribution in [2.75, 3.05) is 0 Å². The third-order valence-corrected chi connectivity index (χ3v) is 4.50. The number of thioether (sulfide) groups is 1. The van der Waals surface area contributed by atoms with Gasteiger partial charge in [-0.1, -0.05) is 60.6 Å². The van der Waals surface area contributed by atoms with E-state index < -0.39 is 0 Å². The van der Waals surface area contributed by atoms with Crippen LogP contribution in [-0.2, 0) is 0 Å². The molecule has 0 bridgehead atoms. The number of aromatic nitrogens is 1. The fraction of sp³-hybridized carbons (Fsp3) is 0.200. The van der Waals surface area contributed by atoms with E-state index in [1.54, 1.807) is 18.3 Å². The number of halogens is 1. The second kappa shape index (κ2) is 6.73. The SMILES string of the molecule is CCC(Sc1ncccc1Cl)C(=O)c1ccccc1. The molecule has 0 aliphatic rings. The first-order valence-corrected chi connectivity index (χ1v) is 7.34. The molecule has 0 spiro atoms. The Bertz CT molecular complexity index is 559. The molecule has 1 unspecified atom stereocenters. The van der Waals surface area contributed by atoms with Crippen LogP contribution in [0.25, 0.3) is 0 Å². The molecule has 0 radical (unpaired) electrons. The van der Waals surface area contributed by atoms with Crippen LogP contribution in [0.15, 0.2) is 53.7 Å². The summed E-state index contributed by atoms with van der Waals surface area (Å²) in [4.78, 5) is 16.6. The molecule has 0 N–H and O–H groups in total. The van der Waals surface area contributed by atoms with Crippen LogP contribution in [0.1, 0.15) is 23.7 Å². The molecule has 0 aliphatic carbocycles. The molecule has 0 amide bonds. The highest BCUT2D eigenvalue weighted by molar-refractivity contribution is 8.00. The van der Waals surface area contributed by atoms with Gasteiger partial charge in [0.15, 0.2) is 5.78 Å². The molecule has 98 valence electrons. The van der Waals surface area contributed by atoms with Crippen LogP contribution in [0.3, 0.4) is 0 Å². The fourth-order valence-electron chi connectivity index (χ4n) is 1.70. The van der Waals surface area contributed by atoms with Crippen molar-refractivity contribution >= 4 is 29.1 Å². The van der Waals surface area contributed by atoms with E-state index in [1.807, 2.05) is 37.3 Å². The van der Waals surface area contributed by atoms with E-state index in [4.69, 9.17) is 11.6 Å². The summed E-state index contributed by atoms with van der Waals surface area (Å²) in [6, 6.07) is 12.9. The van der Waals surface area contributed by atoms with E-state index in [-0.39, 0.29) is 11.0 Å². The minimum absolute atomic E-state index is 0.120. The molecule has 1 aromatic heterocycles. The maximum absolute atomic E-state index is 12.4. The minimum Gasteiger partial charge on any atom is -0.293 e. The zero-order chi connectivity index (χ0) is 13.7. The number of Topliss-reactive ketones (excluding diaryl/α,β-unsaturated/α-hetero) is 1. The van der Waals surface area contributed by atoms with Crippen LogP contribution < -0.4 is 0 Å². The van der Waals surface area contributed by atoms with Crippen LogP contribution >= 0.6 is 23.4 Å². The average molecular weight is 292 g/mol. The van der Waals surface area contributed by atoms with E-state index in [0.717, 1.165) is 12.0 Å². The highest BCUT2D eigenvalue weighted by atomic mass is 35.5. The Morgan fingerprint density at radius 2 is 2.00 bits per heavy atom. The van der Waals surface area contributed by atoms with Gasteiger partial charge in [-0.15, -0.1) is 0 Å². The van der Waals surface area contributed by atoms with Gasteiger partial charge in [0.1, 0.15) is 5.03 Å². The van der Waals surface area contributed by atoms with Gasteiger partial charge in [0, 0.05) is 11.8 Å². The van der Waals surface area contributed by atoms with Crippen molar-refractivity contribution in [1.82, 2.24) is 4.98 Å². The topological polar surface area (TPSA) is 30.0 Å². The summed E-state index contributed by atoms with van der Waals surface area (Å²) in [6.45, 7) is 2.00. The first kappa shape index (κ1) is 14.1. The van der Waals surface area contributed by atoms with Gasteiger partial charge in [0.05, 0.1) is 10.3 Å². The Morgan fingerprint density at radius 3 is 2.63 bits per heavy atom. The molecule has 19 heavy (non-hydrogen) atoms. The standard InChI is InChI=1S/C15H14ClNOS/c1-2-13(14(18)11-7-4-3-5-8-11)19-15-12(16)9-6-10-17-15/h3-10,13H,2H2,1H3. The summed E-state index contributed by atoms with van der Waals surface area (Å²) in [5, 5.41) is 1.14. The van der Waals surface area contributed by atoms with Crippen LogP contribution in [0.2, 0.25) is 5.02 Å². The maximum Gasteiger partial charge on any atom is 0.176 e. The number of hydrogen-bond acceptors (Lipinski definition) is 3. The van der Waals surface area contributed by atoms with E-state index in [2.05, 4.69) is 4.98 Å². The zero-order valence-electron chi connectivity index (χ0n) is 10.5. The summed E-state index contributed by atoms with van der Waals surface area (Å²) >= 11 is 7.51. The van der Waals surface area contributed by atoms with Crippen molar-refractivity contribution in [3.05, 3.63) is 59.2 Å². The lowest BCUT2D eigenvalue weighted by molar-refractivity contribution is 0.0988. The molecule has 2 nitrogen and oxygen atoms in total. The number of nitrogens with zero attached hydrogens (tertiary/aromatic N) is 1. The summed E-state index contributed by atoms with van der Waals surface area (Å²) in [5.74, 6) is 0.120. The van der Waals surface area contributed by atoms with Gasteiger partial charge in [-0.3, -0.25) is 4.79 Å². The first-order valence-electron chi connectivity index (χ1n) is 6.08. The Balaban J connectivity index is 2.17. The summed E-state index contributed by atoms with van der Waals surface area (Å²) in [6.07, 6.45) is 2.43. The average Bonchev–Trinajstić information content (AvgIpc) is 2.47. The summed E-state index contributed by atoms with van der Waals surface area (Å²) in [5.41, 5.74) is 0.730. The lowest BCUT2D eigenvalue weighted by atomic mass is 10.1. The molecule has 2 aromatic rings. The molecular weight excluding hydrogens is 278 g/mol. The highest BCUT2D eigenvalue weighted by Gasteiger charge is 2.20. The maximum atomic E-state index is 12.4. The predicted molar refractivity (Wildman–Crippen MR) is 80.0 cm³/mol. The number of hydrogen-bond donors (Lipinski definition) is 0. The molecule has 2 rings (SSSR count). The number of pyridine rings is 1. The predicted octanol–water partition coefficient (Wildman–Crippen LogP) is 4.49. The van der Waals surface area contributed by atoms with E-state index >= 15 is 0 Å². The quantitative estimate of drug-likeness (QED) is 0.600. The fourth-order valence-corrected chi connectivity index (χ4v) is 2.94. The van der Waals surface area contributed by atoms with Gasteiger partial charge in [0.25, 0.3) is 0 Å². The first-order chi connectivity index (χ1) is 9.22. The minimum atomic E-state index is -0.158. The van der Waals surface area contributed by atoms with Crippen molar-refractivity contribution in [2.45, 2.75) is 23.6 Å². The Kier molecular flexibility index (Phi) is 5.00. The Hall–Kier alpha value is -1.32. The van der Waals surface area contributed by atoms with Crippen molar-refractivity contribution in [2.24, 2.45) is 0 Å². The highest BCUT2D eigenvalue weighted by Crippen LogP contribution is 2.31. The van der Waals surface area contributed by atoms with Gasteiger partial charge >= 0.3 is 0 Å². The van der Waals surface area contributed by atoms with E-state index in [9.17, 15) is 4.79 Å². The van der Waals surface area contributed by atoms with Crippen LogP contribution in [0, 0.1) is 0 Å². The lowest BCUT2D eigenvalue weighted by Gasteiger charge is -2.13. The van der Waals surface area contributed by atoms with Gasteiger partial charge in [0.2, 0.25) is 0 Å². The Morgan fingerprint density at radius 1 is 1.26 bits per heavy atom. The molecule has 1 atom stereocenters. The molecule has 1 heterocycles. The lowest BCUT2D eigenvalue weighted by Crippen LogP contribution is -2.16. The smallest absolute Gasteiger partial charge is 0.176 e. The molecule has 1 aromatic carbocycles. The van der Waals surface area contributed by atoms with Crippen molar-refractivity contribution in [1.29, 1.82) is 0 Å². The summed E-state index contributed by atoms with van der Waals surface area (Å²) < 4.78 is 0. The molecule has 0 saturated heterocycles. The van der Waals surface area contributed by atoms with Gasteiger partial charge < -0.3 is 0 Å². The number of carbonyl (C=O) groups is 1.